The van der Waals surface area contributed by atoms with Gasteiger partial charge in [0, 0.05) is 16.4 Å². The van der Waals surface area contributed by atoms with Crippen LogP contribution in [0.5, 0.6) is 0 Å². The van der Waals surface area contributed by atoms with Crippen LogP contribution in [0.4, 0.5) is 13.2 Å². The SMILES string of the molecule is CC(C)(CCBr)NC(=O)c1cc(F)c(F)c(F)c1. The Morgan fingerprint density at radius 2 is 1.78 bits per heavy atom. The average Bonchev–Trinajstić information content (AvgIpc) is 2.24. The molecule has 1 N–H and O–H groups in total. The zero-order chi connectivity index (χ0) is 13.9. The number of hydrogen-bond donors (Lipinski definition) is 1. The Morgan fingerprint density at radius 3 is 2.22 bits per heavy atom. The third-order valence-electron chi connectivity index (χ3n) is 2.42. The Kier molecular flexibility index (Phi) is 4.78. The maximum Gasteiger partial charge on any atom is 0.251 e. The number of hydrogen-bond acceptors (Lipinski definition) is 1. The van der Waals surface area contributed by atoms with E-state index in [-0.39, 0.29) is 5.56 Å². The molecule has 1 aromatic carbocycles. The first kappa shape index (κ1) is 15.0. The van der Waals surface area contributed by atoms with E-state index in [0.29, 0.717) is 23.9 Å². The van der Waals surface area contributed by atoms with Gasteiger partial charge in [-0.1, -0.05) is 15.9 Å². The normalized spacial score (nSPS) is 11.4. The predicted octanol–water partition coefficient (Wildman–Crippen LogP) is 3.40. The molecule has 0 aliphatic rings. The number of carbonyl (C=O) groups is 1. The number of rotatable bonds is 4. The highest BCUT2D eigenvalue weighted by Gasteiger charge is 2.22. The van der Waals surface area contributed by atoms with Crippen LogP contribution in [-0.4, -0.2) is 16.8 Å². The lowest BCUT2D eigenvalue weighted by Crippen LogP contribution is -2.43. The first-order chi connectivity index (χ1) is 8.26. The highest BCUT2D eigenvalue weighted by molar-refractivity contribution is 9.09. The summed E-state index contributed by atoms with van der Waals surface area (Å²) in [6, 6.07) is 1.36. The smallest absolute Gasteiger partial charge is 0.251 e. The van der Waals surface area contributed by atoms with Crippen LogP contribution in [0.25, 0.3) is 0 Å². The van der Waals surface area contributed by atoms with Gasteiger partial charge in [-0.3, -0.25) is 4.79 Å². The Hall–Kier alpha value is -1.04. The van der Waals surface area contributed by atoms with Gasteiger partial charge in [0.05, 0.1) is 0 Å². The van der Waals surface area contributed by atoms with Crippen molar-refractivity contribution in [1.29, 1.82) is 0 Å². The van der Waals surface area contributed by atoms with Gasteiger partial charge in [-0.2, -0.15) is 0 Å². The van der Waals surface area contributed by atoms with Crippen molar-refractivity contribution in [3.8, 4) is 0 Å². The molecular formula is C12H13BrF3NO. The summed E-state index contributed by atoms with van der Waals surface area (Å²) in [5.74, 6) is -4.97. The van der Waals surface area contributed by atoms with E-state index in [2.05, 4.69) is 21.2 Å². The van der Waals surface area contributed by atoms with Crippen molar-refractivity contribution >= 4 is 21.8 Å². The van der Waals surface area contributed by atoms with Gasteiger partial charge >= 0.3 is 0 Å². The first-order valence-corrected chi connectivity index (χ1v) is 6.42. The molecule has 0 aliphatic heterocycles. The molecule has 6 heteroatoms. The summed E-state index contributed by atoms with van der Waals surface area (Å²) in [6.07, 6.45) is 0.644. The van der Waals surface area contributed by atoms with E-state index in [1.165, 1.54) is 0 Å². The Bertz CT molecular complexity index is 440. The largest absolute Gasteiger partial charge is 0.347 e. The molecule has 100 valence electrons. The molecule has 18 heavy (non-hydrogen) atoms. The van der Waals surface area contributed by atoms with E-state index in [0.717, 1.165) is 0 Å². The highest BCUT2D eigenvalue weighted by atomic mass is 79.9. The minimum absolute atomic E-state index is 0.242. The molecule has 0 bridgehead atoms. The molecule has 0 radical (unpaired) electrons. The second-order valence-corrected chi connectivity index (χ2v) is 5.32. The molecule has 1 rings (SSSR count). The van der Waals surface area contributed by atoms with Crippen LogP contribution in [0.3, 0.4) is 0 Å². The number of halogens is 4. The maximum absolute atomic E-state index is 13.0. The summed E-state index contributed by atoms with van der Waals surface area (Å²) in [5.41, 5.74) is -0.767. The van der Waals surface area contributed by atoms with Crippen molar-refractivity contribution in [2.75, 3.05) is 5.33 Å². The van der Waals surface area contributed by atoms with Crippen molar-refractivity contribution in [3.05, 3.63) is 35.1 Å². The third kappa shape index (κ3) is 3.73. The fourth-order valence-electron chi connectivity index (χ4n) is 1.36. The standard InChI is InChI=1S/C12H13BrF3NO/c1-12(2,3-4-13)17-11(18)7-5-8(14)10(16)9(15)6-7/h5-6H,3-4H2,1-2H3,(H,17,18). The molecule has 0 spiro atoms. The van der Waals surface area contributed by atoms with Gasteiger partial charge < -0.3 is 5.32 Å². The van der Waals surface area contributed by atoms with Crippen LogP contribution in [0, 0.1) is 17.5 Å². The van der Waals surface area contributed by atoms with E-state index < -0.39 is 28.9 Å². The molecule has 0 aliphatic carbocycles. The fourth-order valence-corrected chi connectivity index (χ4v) is 2.36. The minimum atomic E-state index is -1.58. The molecule has 0 atom stereocenters. The second kappa shape index (κ2) is 5.73. The van der Waals surface area contributed by atoms with E-state index in [4.69, 9.17) is 0 Å². The van der Waals surface area contributed by atoms with Gasteiger partial charge in [0.1, 0.15) is 0 Å². The topological polar surface area (TPSA) is 29.1 Å². The van der Waals surface area contributed by atoms with Crippen LogP contribution in [-0.2, 0) is 0 Å². The van der Waals surface area contributed by atoms with Crippen molar-refractivity contribution in [2.24, 2.45) is 0 Å². The van der Waals surface area contributed by atoms with Gasteiger partial charge in [0.15, 0.2) is 17.5 Å². The quantitative estimate of drug-likeness (QED) is 0.667. The van der Waals surface area contributed by atoms with Gasteiger partial charge in [0.2, 0.25) is 0 Å². The molecular weight excluding hydrogens is 311 g/mol. The summed E-state index contributed by atoms with van der Waals surface area (Å²) in [7, 11) is 0. The zero-order valence-electron chi connectivity index (χ0n) is 9.99. The summed E-state index contributed by atoms with van der Waals surface area (Å²) >= 11 is 3.24. The van der Waals surface area contributed by atoms with Crippen molar-refractivity contribution in [1.82, 2.24) is 5.32 Å². The molecule has 1 aromatic rings. The predicted molar refractivity (Wildman–Crippen MR) is 66.3 cm³/mol. The molecule has 0 unspecified atom stereocenters. The molecule has 0 saturated heterocycles. The van der Waals surface area contributed by atoms with Crippen molar-refractivity contribution in [3.63, 3.8) is 0 Å². The monoisotopic (exact) mass is 323 g/mol. The lowest BCUT2D eigenvalue weighted by atomic mass is 10.0. The van der Waals surface area contributed by atoms with Crippen LogP contribution in [0.15, 0.2) is 12.1 Å². The summed E-state index contributed by atoms with van der Waals surface area (Å²) < 4.78 is 38.7. The van der Waals surface area contributed by atoms with E-state index in [1.54, 1.807) is 13.8 Å². The van der Waals surface area contributed by atoms with Gasteiger partial charge in [-0.05, 0) is 32.4 Å². The van der Waals surface area contributed by atoms with Gasteiger partial charge in [-0.25, -0.2) is 13.2 Å². The Morgan fingerprint density at radius 1 is 1.28 bits per heavy atom. The van der Waals surface area contributed by atoms with Gasteiger partial charge in [-0.15, -0.1) is 0 Å². The van der Waals surface area contributed by atoms with E-state index in [9.17, 15) is 18.0 Å². The second-order valence-electron chi connectivity index (χ2n) is 4.53. The third-order valence-corrected chi connectivity index (χ3v) is 2.81. The molecule has 1 amide bonds. The van der Waals surface area contributed by atoms with Gasteiger partial charge in [0.25, 0.3) is 5.91 Å². The first-order valence-electron chi connectivity index (χ1n) is 5.30. The summed E-state index contributed by atoms with van der Waals surface area (Å²) in [5, 5.41) is 3.30. The molecule has 0 heterocycles. The van der Waals surface area contributed by atoms with E-state index >= 15 is 0 Å². The van der Waals surface area contributed by atoms with Crippen LogP contribution in [0.1, 0.15) is 30.6 Å². The highest BCUT2D eigenvalue weighted by Crippen LogP contribution is 2.16. The maximum atomic E-state index is 13.0. The number of amides is 1. The average molecular weight is 324 g/mol. The number of alkyl halides is 1. The summed E-state index contributed by atoms with van der Waals surface area (Å²) in [6.45, 7) is 3.56. The van der Waals surface area contributed by atoms with E-state index in [1.807, 2.05) is 0 Å². The number of benzene rings is 1. The van der Waals surface area contributed by atoms with Crippen LogP contribution >= 0.6 is 15.9 Å². The Labute approximate surface area is 112 Å². The lowest BCUT2D eigenvalue weighted by Gasteiger charge is -2.25. The fraction of sp³-hybridized carbons (Fsp3) is 0.417. The lowest BCUT2D eigenvalue weighted by molar-refractivity contribution is 0.0910. The van der Waals surface area contributed by atoms with Crippen molar-refractivity contribution in [2.45, 2.75) is 25.8 Å². The van der Waals surface area contributed by atoms with Crippen LogP contribution in [0.2, 0.25) is 0 Å². The van der Waals surface area contributed by atoms with Crippen LogP contribution < -0.4 is 5.32 Å². The number of carbonyl (C=O) groups excluding carboxylic acids is 1. The minimum Gasteiger partial charge on any atom is -0.347 e. The summed E-state index contributed by atoms with van der Waals surface area (Å²) in [4.78, 5) is 11.8. The Balaban J connectivity index is 2.92. The zero-order valence-corrected chi connectivity index (χ0v) is 11.6. The van der Waals surface area contributed by atoms with Crippen molar-refractivity contribution < 1.29 is 18.0 Å². The molecule has 2 nitrogen and oxygen atoms in total. The number of nitrogens with one attached hydrogen (secondary N) is 1. The molecule has 0 saturated carbocycles. The molecule has 0 aromatic heterocycles. The molecule has 0 fully saturated rings.